The second-order valence-electron chi connectivity index (χ2n) is 3.96. The van der Waals surface area contributed by atoms with Gasteiger partial charge in [-0.3, -0.25) is 0 Å². The minimum Gasteiger partial charge on any atom is -0.317 e. The molecule has 1 rings (SSSR count). The first-order valence-corrected chi connectivity index (χ1v) is 6.64. The monoisotopic (exact) mass is 259 g/mol. The van der Waals surface area contributed by atoms with Gasteiger partial charge in [0.15, 0.2) is 0 Å². The summed E-state index contributed by atoms with van der Waals surface area (Å²) in [5.41, 5.74) is 1.27. The molecule has 1 nitrogen and oxygen atoms in total. The van der Waals surface area contributed by atoms with E-state index in [1.165, 1.54) is 24.8 Å². The fourth-order valence-electron chi connectivity index (χ4n) is 1.58. The van der Waals surface area contributed by atoms with Crippen molar-refractivity contribution in [2.24, 2.45) is 0 Å². The van der Waals surface area contributed by atoms with Crippen molar-refractivity contribution in [3.05, 3.63) is 33.8 Å². The molecule has 3 heteroatoms. The van der Waals surface area contributed by atoms with Gasteiger partial charge in [0.05, 0.1) is 10.0 Å². The molecule has 0 saturated heterocycles. The molecular formula is C13H19Cl2N. The van der Waals surface area contributed by atoms with Crippen LogP contribution in [0.1, 0.15) is 31.7 Å². The van der Waals surface area contributed by atoms with Crippen LogP contribution < -0.4 is 5.32 Å². The molecule has 0 aliphatic carbocycles. The number of nitrogens with one attached hydrogen (secondary N) is 1. The van der Waals surface area contributed by atoms with E-state index in [1.807, 2.05) is 18.2 Å². The van der Waals surface area contributed by atoms with Gasteiger partial charge in [0.25, 0.3) is 0 Å². The van der Waals surface area contributed by atoms with Crippen molar-refractivity contribution in [2.45, 2.75) is 32.6 Å². The molecule has 0 atom stereocenters. The topological polar surface area (TPSA) is 12.0 Å². The smallest absolute Gasteiger partial charge is 0.0595 e. The average Bonchev–Trinajstić information content (AvgIpc) is 2.28. The number of hydrogen-bond acceptors (Lipinski definition) is 1. The van der Waals surface area contributed by atoms with Gasteiger partial charge in [0.2, 0.25) is 0 Å². The Kier molecular flexibility index (Phi) is 6.86. The van der Waals surface area contributed by atoms with Gasteiger partial charge in [-0.1, -0.05) is 36.2 Å². The highest BCUT2D eigenvalue weighted by molar-refractivity contribution is 6.42. The van der Waals surface area contributed by atoms with Crippen molar-refractivity contribution in [3.63, 3.8) is 0 Å². The largest absolute Gasteiger partial charge is 0.317 e. The van der Waals surface area contributed by atoms with E-state index in [4.69, 9.17) is 23.2 Å². The summed E-state index contributed by atoms with van der Waals surface area (Å²) in [6.07, 6.45) is 4.67. The molecule has 0 fully saturated rings. The number of hydrogen-bond donors (Lipinski definition) is 1. The van der Waals surface area contributed by atoms with Crippen molar-refractivity contribution in [3.8, 4) is 0 Å². The first-order chi connectivity index (χ1) is 7.74. The number of unbranched alkanes of at least 4 members (excludes halogenated alkanes) is 1. The van der Waals surface area contributed by atoms with Gasteiger partial charge in [-0.2, -0.15) is 0 Å². The Labute approximate surface area is 108 Å². The molecule has 0 unspecified atom stereocenters. The minimum atomic E-state index is 0.634. The molecule has 0 aliphatic heterocycles. The molecule has 1 N–H and O–H groups in total. The molecule has 0 aliphatic rings. The summed E-state index contributed by atoms with van der Waals surface area (Å²) in [7, 11) is 0. The highest BCUT2D eigenvalue weighted by Gasteiger charge is 1.99. The van der Waals surface area contributed by atoms with E-state index in [2.05, 4.69) is 12.2 Å². The van der Waals surface area contributed by atoms with Crippen LogP contribution in [-0.2, 0) is 6.42 Å². The van der Waals surface area contributed by atoms with Crippen LogP contribution in [0.15, 0.2) is 18.2 Å². The lowest BCUT2D eigenvalue weighted by Crippen LogP contribution is -2.15. The van der Waals surface area contributed by atoms with Crippen LogP contribution in [0.25, 0.3) is 0 Å². The van der Waals surface area contributed by atoms with Crippen LogP contribution in [0.5, 0.6) is 0 Å². The van der Waals surface area contributed by atoms with Gasteiger partial charge in [-0.25, -0.2) is 0 Å². The number of benzene rings is 1. The summed E-state index contributed by atoms with van der Waals surface area (Å²) in [6, 6.07) is 5.88. The van der Waals surface area contributed by atoms with E-state index >= 15 is 0 Å². The van der Waals surface area contributed by atoms with Crippen molar-refractivity contribution >= 4 is 23.2 Å². The van der Waals surface area contributed by atoms with Crippen LogP contribution in [0.3, 0.4) is 0 Å². The fourth-order valence-corrected chi connectivity index (χ4v) is 1.90. The van der Waals surface area contributed by atoms with Crippen LogP contribution in [0, 0.1) is 0 Å². The summed E-state index contributed by atoms with van der Waals surface area (Å²) >= 11 is 11.8. The quantitative estimate of drug-likeness (QED) is 0.720. The van der Waals surface area contributed by atoms with E-state index in [1.54, 1.807) is 0 Å². The zero-order chi connectivity index (χ0) is 11.8. The molecule has 90 valence electrons. The molecular weight excluding hydrogens is 241 g/mol. The maximum absolute atomic E-state index is 5.95. The first-order valence-electron chi connectivity index (χ1n) is 5.88. The lowest BCUT2D eigenvalue weighted by Gasteiger charge is -2.04. The predicted molar refractivity (Wildman–Crippen MR) is 72.6 cm³/mol. The van der Waals surface area contributed by atoms with Gasteiger partial charge in [0, 0.05) is 0 Å². The van der Waals surface area contributed by atoms with Crippen LogP contribution in [0.2, 0.25) is 10.0 Å². The summed E-state index contributed by atoms with van der Waals surface area (Å²) in [5, 5.41) is 4.68. The Balaban J connectivity index is 2.19. The molecule has 0 aromatic heterocycles. The lowest BCUT2D eigenvalue weighted by atomic mass is 10.1. The maximum atomic E-state index is 5.95. The zero-order valence-corrected chi connectivity index (χ0v) is 11.2. The third-order valence-electron chi connectivity index (χ3n) is 2.48. The normalized spacial score (nSPS) is 10.7. The Bertz CT molecular complexity index is 313. The SMILES string of the molecule is CCCNCCCCc1ccc(Cl)c(Cl)c1. The van der Waals surface area contributed by atoms with Gasteiger partial charge < -0.3 is 5.32 Å². The van der Waals surface area contributed by atoms with Gasteiger partial charge in [-0.15, -0.1) is 0 Å². The third-order valence-corrected chi connectivity index (χ3v) is 3.22. The molecule has 0 bridgehead atoms. The fraction of sp³-hybridized carbons (Fsp3) is 0.538. The highest BCUT2D eigenvalue weighted by atomic mass is 35.5. The van der Waals surface area contributed by atoms with Crippen LogP contribution >= 0.6 is 23.2 Å². The lowest BCUT2D eigenvalue weighted by molar-refractivity contribution is 0.617. The van der Waals surface area contributed by atoms with Crippen LogP contribution in [-0.4, -0.2) is 13.1 Å². The number of aryl methyl sites for hydroxylation is 1. The molecule has 0 radical (unpaired) electrons. The van der Waals surface area contributed by atoms with Crippen molar-refractivity contribution in [2.75, 3.05) is 13.1 Å². The molecule has 0 amide bonds. The maximum Gasteiger partial charge on any atom is 0.0595 e. The van der Waals surface area contributed by atoms with E-state index in [0.717, 1.165) is 19.5 Å². The van der Waals surface area contributed by atoms with E-state index in [0.29, 0.717) is 10.0 Å². The van der Waals surface area contributed by atoms with Gasteiger partial charge in [0.1, 0.15) is 0 Å². The first kappa shape index (κ1) is 13.8. The van der Waals surface area contributed by atoms with E-state index < -0.39 is 0 Å². The minimum absolute atomic E-state index is 0.634. The van der Waals surface area contributed by atoms with E-state index in [-0.39, 0.29) is 0 Å². The Morgan fingerprint density at radius 3 is 2.56 bits per heavy atom. The van der Waals surface area contributed by atoms with Crippen molar-refractivity contribution in [1.82, 2.24) is 5.32 Å². The zero-order valence-electron chi connectivity index (χ0n) is 9.73. The second-order valence-corrected chi connectivity index (χ2v) is 4.77. The Hall–Kier alpha value is -0.240. The Morgan fingerprint density at radius 2 is 1.88 bits per heavy atom. The highest BCUT2D eigenvalue weighted by Crippen LogP contribution is 2.23. The summed E-state index contributed by atoms with van der Waals surface area (Å²) in [5.74, 6) is 0. The van der Waals surface area contributed by atoms with Crippen LogP contribution in [0.4, 0.5) is 0 Å². The van der Waals surface area contributed by atoms with Gasteiger partial charge in [-0.05, 0) is 56.5 Å². The summed E-state index contributed by atoms with van der Waals surface area (Å²) in [4.78, 5) is 0. The second kappa shape index (κ2) is 7.94. The molecule has 0 heterocycles. The number of halogens is 2. The number of rotatable bonds is 7. The summed E-state index contributed by atoms with van der Waals surface area (Å²) in [6.45, 7) is 4.41. The van der Waals surface area contributed by atoms with Crippen molar-refractivity contribution < 1.29 is 0 Å². The molecule has 0 saturated carbocycles. The van der Waals surface area contributed by atoms with E-state index in [9.17, 15) is 0 Å². The predicted octanol–water partition coefficient (Wildman–Crippen LogP) is 4.32. The molecule has 16 heavy (non-hydrogen) atoms. The standard InChI is InChI=1S/C13H19Cl2N/c1-2-8-16-9-4-3-5-11-6-7-12(14)13(15)10-11/h6-7,10,16H,2-5,8-9H2,1H3. The molecule has 1 aromatic carbocycles. The van der Waals surface area contributed by atoms with Crippen molar-refractivity contribution in [1.29, 1.82) is 0 Å². The summed E-state index contributed by atoms with van der Waals surface area (Å²) < 4.78 is 0. The molecule has 0 spiro atoms. The molecule has 1 aromatic rings. The average molecular weight is 260 g/mol. The Morgan fingerprint density at radius 1 is 1.06 bits per heavy atom. The third kappa shape index (κ3) is 5.20. The van der Waals surface area contributed by atoms with Gasteiger partial charge >= 0.3 is 0 Å².